The molecule has 7 heteroatoms. The van der Waals surface area contributed by atoms with E-state index in [9.17, 15) is 9.59 Å². The van der Waals surface area contributed by atoms with E-state index in [1.807, 2.05) is 35.9 Å². The number of piperidine rings is 1. The van der Waals surface area contributed by atoms with E-state index < -0.39 is 0 Å². The SMILES string of the molecule is Cc1ccc(NC(=O)N2CCC(NC(=O)c3ccsc3)CC2)cc1Cl. The standard InChI is InChI=1S/C18H20ClN3O2S/c1-12-2-3-15(10-16(12)19)21-18(24)22-7-4-14(5-8-22)20-17(23)13-6-9-25-11-13/h2-3,6,9-11,14H,4-5,7-8H2,1H3,(H,20,23)(H,21,24). The van der Waals surface area contributed by atoms with E-state index in [0.29, 0.717) is 29.4 Å². The van der Waals surface area contributed by atoms with Gasteiger partial charge in [0.15, 0.2) is 0 Å². The van der Waals surface area contributed by atoms with Crippen molar-refractivity contribution in [2.24, 2.45) is 0 Å². The zero-order valence-electron chi connectivity index (χ0n) is 13.9. The fourth-order valence-electron chi connectivity index (χ4n) is 2.76. The largest absolute Gasteiger partial charge is 0.349 e. The van der Waals surface area contributed by atoms with Crippen LogP contribution in [0, 0.1) is 6.92 Å². The summed E-state index contributed by atoms with van der Waals surface area (Å²) in [5.41, 5.74) is 2.36. The van der Waals surface area contributed by atoms with Gasteiger partial charge in [0.1, 0.15) is 0 Å². The van der Waals surface area contributed by atoms with Crippen molar-refractivity contribution in [3.8, 4) is 0 Å². The van der Waals surface area contributed by atoms with Crippen LogP contribution in [-0.2, 0) is 0 Å². The van der Waals surface area contributed by atoms with Crippen molar-refractivity contribution in [2.75, 3.05) is 18.4 Å². The molecule has 0 radical (unpaired) electrons. The lowest BCUT2D eigenvalue weighted by Gasteiger charge is -2.32. The quantitative estimate of drug-likeness (QED) is 0.844. The highest BCUT2D eigenvalue weighted by Crippen LogP contribution is 2.21. The summed E-state index contributed by atoms with van der Waals surface area (Å²) >= 11 is 7.59. The Morgan fingerprint density at radius 2 is 2.00 bits per heavy atom. The van der Waals surface area contributed by atoms with E-state index in [-0.39, 0.29) is 18.0 Å². The number of hydrogen-bond donors (Lipinski definition) is 2. The zero-order valence-corrected chi connectivity index (χ0v) is 15.5. The molecule has 25 heavy (non-hydrogen) atoms. The molecule has 3 amide bonds. The fraction of sp³-hybridized carbons (Fsp3) is 0.333. The van der Waals surface area contributed by atoms with Gasteiger partial charge < -0.3 is 15.5 Å². The van der Waals surface area contributed by atoms with Crippen LogP contribution in [-0.4, -0.2) is 36.0 Å². The molecule has 132 valence electrons. The van der Waals surface area contributed by atoms with Crippen LogP contribution in [0.15, 0.2) is 35.0 Å². The monoisotopic (exact) mass is 377 g/mol. The van der Waals surface area contributed by atoms with Gasteiger partial charge in [-0.25, -0.2) is 4.79 Å². The number of amides is 3. The van der Waals surface area contributed by atoms with Gasteiger partial charge in [0.25, 0.3) is 5.91 Å². The summed E-state index contributed by atoms with van der Waals surface area (Å²) in [6.07, 6.45) is 1.50. The van der Waals surface area contributed by atoms with Crippen LogP contribution in [0.3, 0.4) is 0 Å². The van der Waals surface area contributed by atoms with Crippen LogP contribution in [0.4, 0.5) is 10.5 Å². The molecule has 1 aliphatic heterocycles. The summed E-state index contributed by atoms with van der Waals surface area (Å²) in [6.45, 7) is 3.14. The molecule has 1 aliphatic rings. The number of anilines is 1. The molecule has 5 nitrogen and oxygen atoms in total. The Morgan fingerprint density at radius 3 is 2.64 bits per heavy atom. The molecule has 1 fully saturated rings. The first-order chi connectivity index (χ1) is 12.0. The van der Waals surface area contributed by atoms with Crippen LogP contribution < -0.4 is 10.6 Å². The third-order valence-electron chi connectivity index (χ3n) is 4.32. The molecule has 0 unspecified atom stereocenters. The van der Waals surface area contributed by atoms with Gasteiger partial charge in [-0.2, -0.15) is 11.3 Å². The van der Waals surface area contributed by atoms with Crippen molar-refractivity contribution >= 4 is 40.6 Å². The Morgan fingerprint density at radius 1 is 1.24 bits per heavy atom. The van der Waals surface area contributed by atoms with E-state index >= 15 is 0 Å². The number of nitrogens with zero attached hydrogens (tertiary/aromatic N) is 1. The lowest BCUT2D eigenvalue weighted by Crippen LogP contribution is -2.47. The van der Waals surface area contributed by atoms with E-state index in [4.69, 9.17) is 11.6 Å². The predicted octanol–water partition coefficient (Wildman–Crippen LogP) is 4.14. The Hall–Kier alpha value is -2.05. The number of nitrogens with one attached hydrogen (secondary N) is 2. The summed E-state index contributed by atoms with van der Waals surface area (Å²) in [5.74, 6) is -0.0431. The minimum absolute atomic E-state index is 0.0431. The first-order valence-corrected chi connectivity index (χ1v) is 9.50. The van der Waals surface area contributed by atoms with Crippen molar-refractivity contribution in [3.63, 3.8) is 0 Å². The number of benzene rings is 1. The van der Waals surface area contributed by atoms with Gasteiger partial charge in [-0.15, -0.1) is 0 Å². The maximum Gasteiger partial charge on any atom is 0.321 e. The minimum Gasteiger partial charge on any atom is -0.349 e. The third kappa shape index (κ3) is 4.52. The van der Waals surface area contributed by atoms with Gasteiger partial charge in [0.2, 0.25) is 0 Å². The maximum atomic E-state index is 12.4. The summed E-state index contributed by atoms with van der Waals surface area (Å²) < 4.78 is 0. The van der Waals surface area contributed by atoms with E-state index in [0.717, 1.165) is 18.4 Å². The fourth-order valence-corrected chi connectivity index (χ4v) is 3.58. The average molecular weight is 378 g/mol. The van der Waals surface area contributed by atoms with Crippen molar-refractivity contribution in [3.05, 3.63) is 51.2 Å². The molecule has 1 saturated heterocycles. The second kappa shape index (κ2) is 7.89. The number of urea groups is 1. The number of hydrogen-bond acceptors (Lipinski definition) is 3. The highest BCUT2D eigenvalue weighted by molar-refractivity contribution is 7.08. The summed E-state index contributed by atoms with van der Waals surface area (Å²) in [6, 6.07) is 7.25. The number of likely N-dealkylation sites (tertiary alicyclic amines) is 1. The molecule has 2 heterocycles. The lowest BCUT2D eigenvalue weighted by molar-refractivity contribution is 0.0919. The van der Waals surface area contributed by atoms with Gasteiger partial charge in [-0.3, -0.25) is 4.79 Å². The lowest BCUT2D eigenvalue weighted by atomic mass is 10.0. The van der Waals surface area contributed by atoms with Crippen molar-refractivity contribution in [1.29, 1.82) is 0 Å². The number of thiophene rings is 1. The first kappa shape index (κ1) is 17.8. The Labute approximate surface area is 156 Å². The zero-order chi connectivity index (χ0) is 17.8. The Balaban J connectivity index is 1.49. The third-order valence-corrected chi connectivity index (χ3v) is 5.41. The topological polar surface area (TPSA) is 61.4 Å². The molecule has 1 aromatic carbocycles. The van der Waals surface area contributed by atoms with Crippen LogP contribution in [0.5, 0.6) is 0 Å². The molecular formula is C18H20ClN3O2S. The number of rotatable bonds is 3. The summed E-state index contributed by atoms with van der Waals surface area (Å²) in [5, 5.41) is 10.3. The molecule has 1 aromatic heterocycles. The van der Waals surface area contributed by atoms with Crippen molar-refractivity contribution in [1.82, 2.24) is 10.2 Å². The van der Waals surface area contributed by atoms with E-state index in [1.54, 1.807) is 11.0 Å². The van der Waals surface area contributed by atoms with Gasteiger partial charge in [0.05, 0.1) is 0 Å². The van der Waals surface area contributed by atoms with Crippen LogP contribution in [0.25, 0.3) is 0 Å². The van der Waals surface area contributed by atoms with Gasteiger partial charge >= 0.3 is 6.03 Å². The second-order valence-electron chi connectivity index (χ2n) is 6.14. The van der Waals surface area contributed by atoms with Crippen molar-refractivity contribution in [2.45, 2.75) is 25.8 Å². The molecule has 0 saturated carbocycles. The minimum atomic E-state index is -0.137. The second-order valence-corrected chi connectivity index (χ2v) is 7.33. The molecule has 2 N–H and O–H groups in total. The smallest absolute Gasteiger partial charge is 0.321 e. The summed E-state index contributed by atoms with van der Waals surface area (Å²) in [4.78, 5) is 26.2. The molecular weight excluding hydrogens is 358 g/mol. The highest BCUT2D eigenvalue weighted by atomic mass is 35.5. The molecule has 0 spiro atoms. The van der Waals surface area contributed by atoms with Crippen LogP contribution >= 0.6 is 22.9 Å². The first-order valence-electron chi connectivity index (χ1n) is 8.18. The average Bonchev–Trinajstić information content (AvgIpc) is 3.13. The van der Waals surface area contributed by atoms with Gasteiger partial charge in [-0.05, 0) is 48.9 Å². The van der Waals surface area contributed by atoms with Crippen LogP contribution in [0.2, 0.25) is 5.02 Å². The number of halogens is 1. The normalized spacial score (nSPS) is 15.0. The van der Waals surface area contributed by atoms with Crippen LogP contribution in [0.1, 0.15) is 28.8 Å². The Bertz CT molecular complexity index is 756. The summed E-state index contributed by atoms with van der Waals surface area (Å²) in [7, 11) is 0. The van der Waals surface area contributed by atoms with E-state index in [1.165, 1.54) is 11.3 Å². The molecule has 3 rings (SSSR count). The van der Waals surface area contributed by atoms with E-state index in [2.05, 4.69) is 10.6 Å². The highest BCUT2D eigenvalue weighted by Gasteiger charge is 2.24. The molecule has 2 aromatic rings. The molecule has 0 atom stereocenters. The number of carbonyl (C=O) groups is 2. The van der Waals surface area contributed by atoms with Gasteiger partial charge in [0, 0.05) is 40.8 Å². The number of aryl methyl sites for hydroxylation is 1. The Kier molecular flexibility index (Phi) is 5.60. The van der Waals surface area contributed by atoms with Gasteiger partial charge in [-0.1, -0.05) is 17.7 Å². The maximum absolute atomic E-state index is 12.4. The molecule has 0 bridgehead atoms. The number of carbonyl (C=O) groups excluding carboxylic acids is 2. The predicted molar refractivity (Wildman–Crippen MR) is 102 cm³/mol. The molecule has 0 aliphatic carbocycles. The van der Waals surface area contributed by atoms with Crippen molar-refractivity contribution < 1.29 is 9.59 Å².